The number of furan rings is 2. The molecule has 129 heavy (non-hydrogen) atoms. The van der Waals surface area contributed by atoms with E-state index in [0.717, 1.165) is 189 Å². The highest BCUT2D eigenvalue weighted by molar-refractivity contribution is 7.26. The first kappa shape index (κ1) is 76.9. The highest BCUT2D eigenvalue weighted by Crippen LogP contribution is 2.46. The lowest BCUT2D eigenvalue weighted by molar-refractivity contribution is 0.668. The van der Waals surface area contributed by atoms with Gasteiger partial charge in [-0.15, -0.1) is 11.3 Å². The van der Waals surface area contributed by atoms with Crippen molar-refractivity contribution >= 4 is 108 Å². The summed E-state index contributed by atoms with van der Waals surface area (Å²) in [6.45, 7) is 0. The molecule has 0 amide bonds. The van der Waals surface area contributed by atoms with Gasteiger partial charge in [-0.2, -0.15) is 0 Å². The molecule has 0 N–H and O–H groups in total. The molecule has 0 aliphatic carbocycles. The Kier molecular flexibility index (Phi) is 20.0. The first-order valence-electron chi connectivity index (χ1n) is 43.3. The van der Waals surface area contributed by atoms with Crippen molar-refractivity contribution in [1.82, 2.24) is 29.9 Å². The molecule has 0 spiro atoms. The molecule has 6 heterocycles. The zero-order valence-corrected chi connectivity index (χ0v) is 70.6. The molecule has 0 atom stereocenters. The third kappa shape index (κ3) is 15.0. The van der Waals surface area contributed by atoms with Crippen molar-refractivity contribution < 1.29 is 8.83 Å². The van der Waals surface area contributed by atoms with Crippen molar-refractivity contribution in [2.24, 2.45) is 0 Å². The summed E-state index contributed by atoms with van der Waals surface area (Å²) in [6, 6.07) is 161. The summed E-state index contributed by atoms with van der Waals surface area (Å²) in [5.74, 6) is 0. The summed E-state index contributed by atoms with van der Waals surface area (Å²) in [6.07, 6.45) is 0. The Morgan fingerprint density at radius 3 is 0.814 bits per heavy atom. The van der Waals surface area contributed by atoms with Crippen LogP contribution in [0.15, 0.2) is 470 Å². The number of hydrogen-bond donors (Lipinski definition) is 0. The molecule has 0 saturated carbocycles. The number of benzene rings is 19. The molecular weight excluding hydrogens is 1590 g/mol. The van der Waals surface area contributed by atoms with Crippen LogP contribution in [0.25, 0.3) is 243 Å². The molecule has 19 aromatic carbocycles. The van der Waals surface area contributed by atoms with E-state index in [1.807, 2.05) is 151 Å². The minimum atomic E-state index is 0.859. The third-order valence-electron chi connectivity index (χ3n) is 24.3. The van der Waals surface area contributed by atoms with E-state index < -0.39 is 0 Å². The number of para-hydroxylation sites is 8. The molecule has 6 aromatic heterocycles. The fraction of sp³-hybridized carbons (Fsp3) is 0. The van der Waals surface area contributed by atoms with E-state index in [2.05, 4.69) is 322 Å². The fourth-order valence-corrected chi connectivity index (χ4v) is 19.1. The van der Waals surface area contributed by atoms with E-state index in [-0.39, 0.29) is 0 Å². The van der Waals surface area contributed by atoms with Crippen LogP contribution in [-0.4, -0.2) is 29.9 Å². The van der Waals surface area contributed by atoms with Gasteiger partial charge in [0.05, 0.1) is 67.3 Å². The van der Waals surface area contributed by atoms with Crippen LogP contribution in [0.4, 0.5) is 0 Å². The molecule has 25 rings (SSSR count). The monoisotopic (exact) mass is 1660 g/mol. The van der Waals surface area contributed by atoms with Crippen molar-refractivity contribution in [3.8, 4) is 145 Å². The summed E-state index contributed by atoms with van der Waals surface area (Å²) >= 11 is 1.85. The van der Waals surface area contributed by atoms with Gasteiger partial charge < -0.3 is 8.83 Å². The topological polar surface area (TPSA) is 104 Å². The Balaban J connectivity index is 0.000000111. The van der Waals surface area contributed by atoms with Crippen LogP contribution in [0, 0.1) is 0 Å². The third-order valence-corrected chi connectivity index (χ3v) is 25.4. The molecule has 0 radical (unpaired) electrons. The second-order valence-corrected chi connectivity index (χ2v) is 33.3. The van der Waals surface area contributed by atoms with Gasteiger partial charge in [-0.3, -0.25) is 0 Å². The summed E-state index contributed by atoms with van der Waals surface area (Å²) in [7, 11) is 0. The number of fused-ring (bicyclic) bond motifs is 12. The maximum absolute atomic E-state index is 6.17. The lowest BCUT2D eigenvalue weighted by atomic mass is 9.94. The maximum Gasteiger partial charge on any atom is 0.136 e. The molecule has 8 nitrogen and oxygen atoms in total. The number of rotatable bonds is 13. The van der Waals surface area contributed by atoms with Gasteiger partial charge in [0.2, 0.25) is 0 Å². The van der Waals surface area contributed by atoms with Crippen molar-refractivity contribution in [3.63, 3.8) is 0 Å². The Bertz CT molecular complexity index is 8540. The van der Waals surface area contributed by atoms with Crippen LogP contribution in [0.2, 0.25) is 0 Å². The Hall–Kier alpha value is -17.0. The molecule has 604 valence electrons. The van der Waals surface area contributed by atoms with Gasteiger partial charge in [-0.05, 0) is 175 Å². The quantitative estimate of drug-likeness (QED) is 0.112. The SMILES string of the molecule is c1ccc(-c2ccc(-c3nc4ccccc4nc3-c3ccc(-c4cccc5sc6ccccc6c45)cc3)cc2)cc1.c1ccc(-c2cccc(-c3cccc(-c4nc5ccccc5nc4-c4ccc(-c5cccc6oc7ccccc7c56)cc4)c3)c2)cc1.c1ccc(-c2nc3ccccc3nc2-c2cccc(-c3cccc(-c4cccc5oc6ccccc6c45)c3)c2)cc1. The van der Waals surface area contributed by atoms with E-state index >= 15 is 0 Å². The highest BCUT2D eigenvalue weighted by atomic mass is 32.1. The van der Waals surface area contributed by atoms with Crippen LogP contribution < -0.4 is 0 Å². The van der Waals surface area contributed by atoms with E-state index in [1.165, 1.54) is 53.6 Å². The molecule has 0 bridgehead atoms. The van der Waals surface area contributed by atoms with Gasteiger partial charge in [0.15, 0.2) is 0 Å². The minimum absolute atomic E-state index is 0.859. The zero-order chi connectivity index (χ0) is 85.5. The lowest BCUT2D eigenvalue weighted by Crippen LogP contribution is -1.96. The first-order chi connectivity index (χ1) is 63.9. The standard InChI is InChI=1S/C44H28N2O.C38H24N2O.C38H24N2S/c1-2-11-29(12-3-1)32-13-8-14-33(27-32)34-15-9-16-35(28-34)44-43(45-38-19-5-6-20-39(38)46-44)31-25-23-30(24-26-31)36-18-10-22-41-42(36)37-17-4-7-21-40(37)47-41;1-2-11-25(12-3-1)37-38(40-33-20-6-5-19-32(33)39-37)29-16-9-14-27(24-29)26-13-8-15-28(23-26)30-18-10-22-35-36(30)31-17-4-7-21-34(31)41-35;1-2-9-25(10-3-1)26-17-21-28(22-18-26)37-38(40-33-14-6-5-13-32(33)39-37)29-23-19-27(20-24-29)30-12-8-16-35-36(30)31-11-4-7-15-34(31)41-35/h1-28H;2*1-24H. The Morgan fingerprint density at radius 1 is 0.147 bits per heavy atom. The maximum atomic E-state index is 6.17. The van der Waals surface area contributed by atoms with E-state index in [0.29, 0.717) is 0 Å². The second kappa shape index (κ2) is 33.6. The van der Waals surface area contributed by atoms with E-state index in [1.54, 1.807) is 0 Å². The van der Waals surface area contributed by atoms with Gasteiger partial charge >= 0.3 is 0 Å². The largest absolute Gasteiger partial charge is 0.456 e. The number of aromatic nitrogens is 6. The van der Waals surface area contributed by atoms with Crippen molar-refractivity contribution in [3.05, 3.63) is 461 Å². The normalized spacial score (nSPS) is 11.4. The molecule has 0 aliphatic heterocycles. The fourth-order valence-electron chi connectivity index (χ4n) is 18.0. The summed E-state index contributed by atoms with van der Waals surface area (Å²) in [5.41, 5.74) is 36.8. The predicted octanol–water partition coefficient (Wildman–Crippen LogP) is 32.7. The molecule has 0 fully saturated rings. The summed E-state index contributed by atoms with van der Waals surface area (Å²) < 4.78 is 15.0. The van der Waals surface area contributed by atoms with Gasteiger partial charge in [0.1, 0.15) is 22.3 Å². The number of hydrogen-bond acceptors (Lipinski definition) is 9. The Labute approximate surface area is 748 Å². The predicted molar refractivity (Wildman–Crippen MR) is 537 cm³/mol. The second-order valence-electron chi connectivity index (χ2n) is 32.2. The molecule has 9 heteroatoms. The molecule has 25 aromatic rings. The minimum Gasteiger partial charge on any atom is -0.456 e. The number of thiophene rings is 1. The van der Waals surface area contributed by atoms with Crippen LogP contribution >= 0.6 is 11.3 Å². The molecular formula is C120H76N6O2S. The van der Waals surface area contributed by atoms with Crippen LogP contribution in [0.1, 0.15) is 0 Å². The first-order valence-corrected chi connectivity index (χ1v) is 44.2. The average molecular weight is 1670 g/mol. The van der Waals surface area contributed by atoms with E-state index in [9.17, 15) is 0 Å². The summed E-state index contributed by atoms with van der Waals surface area (Å²) in [4.78, 5) is 30.8. The van der Waals surface area contributed by atoms with Crippen LogP contribution in [0.3, 0.4) is 0 Å². The van der Waals surface area contributed by atoms with Gasteiger partial charge in [-0.25, -0.2) is 29.9 Å². The summed E-state index contributed by atoms with van der Waals surface area (Å²) in [5, 5.41) is 7.18. The molecule has 0 unspecified atom stereocenters. The Morgan fingerprint density at radius 2 is 0.388 bits per heavy atom. The van der Waals surface area contributed by atoms with Crippen molar-refractivity contribution in [2.45, 2.75) is 0 Å². The van der Waals surface area contributed by atoms with Gasteiger partial charge in [0, 0.05) is 75.1 Å². The van der Waals surface area contributed by atoms with Gasteiger partial charge in [0.25, 0.3) is 0 Å². The highest BCUT2D eigenvalue weighted by Gasteiger charge is 2.22. The zero-order valence-electron chi connectivity index (χ0n) is 69.8. The molecule has 0 saturated heterocycles. The molecule has 0 aliphatic rings. The van der Waals surface area contributed by atoms with Crippen molar-refractivity contribution in [2.75, 3.05) is 0 Å². The van der Waals surface area contributed by atoms with Crippen molar-refractivity contribution in [1.29, 1.82) is 0 Å². The number of nitrogens with zero attached hydrogens (tertiary/aromatic N) is 6. The van der Waals surface area contributed by atoms with E-state index in [4.69, 9.17) is 38.7 Å². The van der Waals surface area contributed by atoms with Crippen LogP contribution in [0.5, 0.6) is 0 Å². The lowest BCUT2D eigenvalue weighted by Gasteiger charge is -2.13. The average Bonchev–Trinajstić information content (AvgIpc) is 1.59. The van der Waals surface area contributed by atoms with Gasteiger partial charge in [-0.1, -0.05) is 364 Å². The smallest absolute Gasteiger partial charge is 0.136 e. The van der Waals surface area contributed by atoms with Crippen LogP contribution in [-0.2, 0) is 0 Å².